The minimum Gasteiger partial charge on any atom is -0.345 e. The summed E-state index contributed by atoms with van der Waals surface area (Å²) < 4.78 is 1.89. The third kappa shape index (κ3) is 3.45. The topological polar surface area (TPSA) is 50.5 Å². The first-order valence-corrected chi connectivity index (χ1v) is 9.02. The fraction of sp³-hybridized carbons (Fsp3) is 0.632. The summed E-state index contributed by atoms with van der Waals surface area (Å²) in [5, 5.41) is 4.50. The highest BCUT2D eigenvalue weighted by molar-refractivity contribution is 5.76. The van der Waals surface area contributed by atoms with Crippen LogP contribution in [0.2, 0.25) is 0 Å². The van der Waals surface area contributed by atoms with E-state index in [1.165, 1.54) is 25.7 Å². The van der Waals surface area contributed by atoms with Crippen LogP contribution in [0.15, 0.2) is 6.07 Å². The molecule has 0 saturated heterocycles. The molecule has 2 aromatic rings. The number of hydrogen-bond acceptors (Lipinski definition) is 3. The molecule has 1 fully saturated rings. The van der Waals surface area contributed by atoms with Crippen LogP contribution in [0, 0.1) is 26.7 Å². The molecule has 2 aromatic heterocycles. The lowest BCUT2D eigenvalue weighted by Gasteiger charge is -2.21. The third-order valence-corrected chi connectivity index (χ3v) is 5.31. The van der Waals surface area contributed by atoms with Crippen molar-refractivity contribution >= 4 is 11.6 Å². The molecule has 5 nitrogen and oxygen atoms in total. The molecular weight excluding hydrogens is 300 g/mol. The maximum absolute atomic E-state index is 12.5. The zero-order valence-corrected chi connectivity index (χ0v) is 15.3. The van der Waals surface area contributed by atoms with E-state index >= 15 is 0 Å². The van der Waals surface area contributed by atoms with Gasteiger partial charge in [-0.25, -0.2) is 9.50 Å². The molecule has 0 unspecified atom stereocenters. The third-order valence-electron chi connectivity index (χ3n) is 5.31. The number of rotatable bonds is 5. The summed E-state index contributed by atoms with van der Waals surface area (Å²) >= 11 is 0. The first-order chi connectivity index (χ1) is 11.5. The van der Waals surface area contributed by atoms with Gasteiger partial charge in [0, 0.05) is 37.5 Å². The Labute approximate surface area is 144 Å². The van der Waals surface area contributed by atoms with Crippen molar-refractivity contribution in [2.45, 2.75) is 59.3 Å². The second-order valence-corrected chi connectivity index (χ2v) is 7.24. The first-order valence-electron chi connectivity index (χ1n) is 9.02. The van der Waals surface area contributed by atoms with Crippen LogP contribution >= 0.6 is 0 Å². The predicted molar refractivity (Wildman–Crippen MR) is 95.1 cm³/mol. The second kappa shape index (κ2) is 6.91. The number of aromatic nitrogens is 3. The standard InChI is InChI=1S/C19H28N4O/c1-13-11-18-20-14(2)17(15(3)23(18)21-13)9-10-19(24)22(4)12-16-7-5-6-8-16/h11,16H,5-10,12H2,1-4H3. The van der Waals surface area contributed by atoms with Crippen molar-refractivity contribution in [1.29, 1.82) is 0 Å². The Morgan fingerprint density at radius 2 is 2.00 bits per heavy atom. The number of carbonyl (C=O) groups excluding carboxylic acids is 1. The van der Waals surface area contributed by atoms with Gasteiger partial charge in [-0.05, 0) is 51.5 Å². The maximum Gasteiger partial charge on any atom is 0.222 e. The summed E-state index contributed by atoms with van der Waals surface area (Å²) in [7, 11) is 1.94. The summed E-state index contributed by atoms with van der Waals surface area (Å²) in [6.45, 7) is 6.98. The van der Waals surface area contributed by atoms with E-state index in [0.717, 1.165) is 41.3 Å². The molecule has 3 rings (SSSR count). The van der Waals surface area contributed by atoms with Gasteiger partial charge >= 0.3 is 0 Å². The van der Waals surface area contributed by atoms with Crippen LogP contribution < -0.4 is 0 Å². The number of carbonyl (C=O) groups is 1. The lowest BCUT2D eigenvalue weighted by Crippen LogP contribution is -2.31. The van der Waals surface area contributed by atoms with Crippen molar-refractivity contribution in [1.82, 2.24) is 19.5 Å². The van der Waals surface area contributed by atoms with E-state index in [9.17, 15) is 4.79 Å². The van der Waals surface area contributed by atoms with Crippen LogP contribution in [0.25, 0.3) is 5.65 Å². The average Bonchev–Trinajstić information content (AvgIpc) is 3.15. The highest BCUT2D eigenvalue weighted by Crippen LogP contribution is 2.25. The minimum absolute atomic E-state index is 0.234. The Morgan fingerprint density at radius 1 is 1.29 bits per heavy atom. The quantitative estimate of drug-likeness (QED) is 0.846. The average molecular weight is 328 g/mol. The van der Waals surface area contributed by atoms with Gasteiger partial charge in [0.1, 0.15) is 0 Å². The maximum atomic E-state index is 12.5. The van der Waals surface area contributed by atoms with Gasteiger partial charge in [-0.2, -0.15) is 5.10 Å². The molecule has 2 heterocycles. The van der Waals surface area contributed by atoms with Crippen molar-refractivity contribution in [2.75, 3.05) is 13.6 Å². The number of hydrogen-bond donors (Lipinski definition) is 0. The Kier molecular flexibility index (Phi) is 4.88. The highest BCUT2D eigenvalue weighted by Gasteiger charge is 2.20. The van der Waals surface area contributed by atoms with Crippen molar-refractivity contribution < 1.29 is 4.79 Å². The van der Waals surface area contributed by atoms with Crippen molar-refractivity contribution in [3.63, 3.8) is 0 Å². The molecule has 0 atom stereocenters. The molecule has 130 valence electrons. The van der Waals surface area contributed by atoms with Crippen LogP contribution in [-0.4, -0.2) is 39.0 Å². The normalized spacial score (nSPS) is 15.3. The van der Waals surface area contributed by atoms with Crippen molar-refractivity contribution in [3.05, 3.63) is 28.7 Å². The molecule has 0 radical (unpaired) electrons. The minimum atomic E-state index is 0.234. The van der Waals surface area contributed by atoms with Gasteiger partial charge < -0.3 is 4.90 Å². The predicted octanol–water partition coefficient (Wildman–Crippen LogP) is 3.24. The van der Waals surface area contributed by atoms with Gasteiger partial charge in [0.2, 0.25) is 5.91 Å². The molecular formula is C19H28N4O. The number of nitrogens with zero attached hydrogens (tertiary/aromatic N) is 4. The Bertz CT molecular complexity index is 743. The van der Waals surface area contributed by atoms with Crippen molar-refractivity contribution in [3.8, 4) is 0 Å². The Balaban J connectivity index is 1.67. The lowest BCUT2D eigenvalue weighted by molar-refractivity contribution is -0.130. The molecule has 0 N–H and O–H groups in total. The summed E-state index contributed by atoms with van der Waals surface area (Å²) in [4.78, 5) is 19.0. The molecule has 0 aromatic carbocycles. The number of aryl methyl sites for hydroxylation is 3. The van der Waals surface area contributed by atoms with Gasteiger partial charge in [0.05, 0.1) is 5.69 Å². The SMILES string of the molecule is Cc1cc2nc(C)c(CCC(=O)N(C)CC3CCCC3)c(C)n2n1. The van der Waals surface area contributed by atoms with E-state index in [1.54, 1.807) is 0 Å². The van der Waals surface area contributed by atoms with E-state index in [0.29, 0.717) is 12.3 Å². The van der Waals surface area contributed by atoms with E-state index in [-0.39, 0.29) is 5.91 Å². The van der Waals surface area contributed by atoms with E-state index in [1.807, 2.05) is 36.4 Å². The van der Waals surface area contributed by atoms with Gasteiger partial charge in [0.25, 0.3) is 0 Å². The Morgan fingerprint density at radius 3 is 2.71 bits per heavy atom. The Hall–Kier alpha value is -1.91. The van der Waals surface area contributed by atoms with Gasteiger partial charge in [-0.15, -0.1) is 0 Å². The van der Waals surface area contributed by atoms with E-state index in [4.69, 9.17) is 0 Å². The zero-order chi connectivity index (χ0) is 17.3. The largest absolute Gasteiger partial charge is 0.345 e. The van der Waals surface area contributed by atoms with E-state index < -0.39 is 0 Å². The summed E-state index contributed by atoms with van der Waals surface area (Å²) in [6, 6.07) is 1.99. The molecule has 1 amide bonds. The van der Waals surface area contributed by atoms with Gasteiger partial charge in [0.15, 0.2) is 5.65 Å². The summed E-state index contributed by atoms with van der Waals surface area (Å²) in [6.07, 6.45) is 6.45. The van der Waals surface area contributed by atoms with E-state index in [2.05, 4.69) is 17.0 Å². The smallest absolute Gasteiger partial charge is 0.222 e. The number of fused-ring (bicyclic) bond motifs is 1. The van der Waals surface area contributed by atoms with Crippen molar-refractivity contribution in [2.24, 2.45) is 5.92 Å². The second-order valence-electron chi connectivity index (χ2n) is 7.24. The summed E-state index contributed by atoms with van der Waals surface area (Å²) in [5.41, 5.74) is 5.10. The molecule has 1 aliphatic rings. The van der Waals surface area contributed by atoms with Crippen LogP contribution in [0.5, 0.6) is 0 Å². The molecule has 0 spiro atoms. The fourth-order valence-corrected chi connectivity index (χ4v) is 3.91. The number of amides is 1. The lowest BCUT2D eigenvalue weighted by atomic mass is 10.0. The van der Waals surface area contributed by atoms with Gasteiger partial charge in [-0.3, -0.25) is 4.79 Å². The van der Waals surface area contributed by atoms with Crippen LogP contribution in [-0.2, 0) is 11.2 Å². The highest BCUT2D eigenvalue weighted by atomic mass is 16.2. The zero-order valence-electron chi connectivity index (χ0n) is 15.3. The molecule has 5 heteroatoms. The molecule has 1 saturated carbocycles. The monoisotopic (exact) mass is 328 g/mol. The molecule has 0 bridgehead atoms. The van der Waals surface area contributed by atoms with Crippen LogP contribution in [0.4, 0.5) is 0 Å². The summed E-state index contributed by atoms with van der Waals surface area (Å²) in [5.74, 6) is 0.935. The van der Waals surface area contributed by atoms with Crippen LogP contribution in [0.1, 0.15) is 54.7 Å². The van der Waals surface area contributed by atoms with Gasteiger partial charge in [-0.1, -0.05) is 12.8 Å². The molecule has 24 heavy (non-hydrogen) atoms. The first kappa shape index (κ1) is 16.9. The fourth-order valence-electron chi connectivity index (χ4n) is 3.91. The molecule has 1 aliphatic carbocycles. The molecule has 0 aliphatic heterocycles. The van der Waals surface area contributed by atoms with Crippen LogP contribution in [0.3, 0.4) is 0 Å².